The van der Waals surface area contributed by atoms with Gasteiger partial charge in [-0.15, -0.1) is 0 Å². The lowest BCUT2D eigenvalue weighted by Gasteiger charge is -2.33. The summed E-state index contributed by atoms with van der Waals surface area (Å²) >= 11 is 0. The van der Waals surface area contributed by atoms with E-state index in [-0.39, 0.29) is 0 Å². The van der Waals surface area contributed by atoms with Crippen molar-refractivity contribution in [3.8, 4) is 0 Å². The number of nitrogens with one attached hydrogen (secondary N) is 1. The summed E-state index contributed by atoms with van der Waals surface area (Å²) in [6.45, 7) is 7.56. The van der Waals surface area contributed by atoms with Gasteiger partial charge < -0.3 is 10.2 Å². The van der Waals surface area contributed by atoms with E-state index < -0.39 is 0 Å². The van der Waals surface area contributed by atoms with Crippen LogP contribution in [0.2, 0.25) is 0 Å². The van der Waals surface area contributed by atoms with E-state index in [1.807, 2.05) is 0 Å². The molecule has 122 valence electrons. The smallest absolute Gasteiger partial charge is 0.223 e. The Bertz CT molecular complexity index is 302. The lowest BCUT2D eigenvalue weighted by Crippen LogP contribution is -2.43. The lowest BCUT2D eigenvalue weighted by molar-refractivity contribution is -0.134. The summed E-state index contributed by atoms with van der Waals surface area (Å²) in [6.07, 6.45) is 11.2. The standard InChI is InChI=1S/C18H34N2O/c1-15(2)20(14-17-9-11-19-12-10-17)18(21)13-16-7-5-3-4-6-8-16/h15-17,19H,3-14H2,1-2H3. The van der Waals surface area contributed by atoms with Crippen LogP contribution in [0.5, 0.6) is 0 Å². The minimum Gasteiger partial charge on any atom is -0.340 e. The van der Waals surface area contributed by atoms with Gasteiger partial charge in [0.15, 0.2) is 0 Å². The Kier molecular flexibility index (Phi) is 7.01. The number of piperidine rings is 1. The summed E-state index contributed by atoms with van der Waals surface area (Å²) < 4.78 is 0. The molecule has 3 nitrogen and oxygen atoms in total. The van der Waals surface area contributed by atoms with Crippen molar-refractivity contribution in [3.63, 3.8) is 0 Å². The maximum atomic E-state index is 12.7. The van der Waals surface area contributed by atoms with Gasteiger partial charge in [-0.05, 0) is 64.5 Å². The van der Waals surface area contributed by atoms with E-state index >= 15 is 0 Å². The second-order valence-corrected chi connectivity index (χ2v) is 7.39. The predicted molar refractivity (Wildman–Crippen MR) is 88.3 cm³/mol. The average molecular weight is 294 g/mol. The highest BCUT2D eigenvalue weighted by Crippen LogP contribution is 2.27. The van der Waals surface area contributed by atoms with Crippen LogP contribution in [0.4, 0.5) is 0 Å². The van der Waals surface area contributed by atoms with Gasteiger partial charge in [-0.2, -0.15) is 0 Å². The molecule has 0 aromatic rings. The van der Waals surface area contributed by atoms with Crippen molar-refractivity contribution in [2.24, 2.45) is 11.8 Å². The molecule has 1 N–H and O–H groups in total. The van der Waals surface area contributed by atoms with E-state index in [2.05, 4.69) is 24.1 Å². The van der Waals surface area contributed by atoms with Crippen molar-refractivity contribution in [2.75, 3.05) is 19.6 Å². The van der Waals surface area contributed by atoms with Gasteiger partial charge in [-0.3, -0.25) is 4.79 Å². The first-order chi connectivity index (χ1) is 10.2. The van der Waals surface area contributed by atoms with Crippen LogP contribution in [0, 0.1) is 11.8 Å². The van der Waals surface area contributed by atoms with Crippen molar-refractivity contribution >= 4 is 5.91 Å². The molecule has 0 aromatic heterocycles. The molecule has 1 saturated carbocycles. The van der Waals surface area contributed by atoms with Crippen LogP contribution in [-0.4, -0.2) is 36.5 Å². The number of rotatable bonds is 5. The first-order valence-corrected chi connectivity index (χ1v) is 9.17. The van der Waals surface area contributed by atoms with Gasteiger partial charge >= 0.3 is 0 Å². The Labute approximate surface area is 130 Å². The normalized spacial score (nSPS) is 22.2. The molecular formula is C18H34N2O. The summed E-state index contributed by atoms with van der Waals surface area (Å²) in [5.74, 6) is 1.76. The van der Waals surface area contributed by atoms with E-state index in [9.17, 15) is 4.79 Å². The van der Waals surface area contributed by atoms with E-state index in [1.165, 1.54) is 51.4 Å². The number of carbonyl (C=O) groups excluding carboxylic acids is 1. The Morgan fingerprint density at radius 3 is 2.19 bits per heavy atom. The van der Waals surface area contributed by atoms with E-state index in [0.29, 0.717) is 23.8 Å². The molecule has 0 aromatic carbocycles. The third-order valence-corrected chi connectivity index (χ3v) is 5.30. The van der Waals surface area contributed by atoms with Gasteiger partial charge in [0.1, 0.15) is 0 Å². The Balaban J connectivity index is 1.85. The molecule has 2 fully saturated rings. The molecule has 2 aliphatic rings. The van der Waals surface area contributed by atoms with Crippen molar-refractivity contribution in [2.45, 2.75) is 77.7 Å². The molecular weight excluding hydrogens is 260 g/mol. The van der Waals surface area contributed by atoms with Crippen molar-refractivity contribution < 1.29 is 4.79 Å². The molecule has 1 aliphatic heterocycles. The van der Waals surface area contributed by atoms with Gasteiger partial charge in [-0.25, -0.2) is 0 Å². The molecule has 0 bridgehead atoms. The zero-order chi connectivity index (χ0) is 15.1. The van der Waals surface area contributed by atoms with Crippen molar-refractivity contribution in [1.82, 2.24) is 10.2 Å². The highest BCUT2D eigenvalue weighted by molar-refractivity contribution is 5.76. The molecule has 21 heavy (non-hydrogen) atoms. The van der Waals surface area contributed by atoms with Gasteiger partial charge in [0.2, 0.25) is 5.91 Å². The number of carbonyl (C=O) groups is 1. The summed E-state index contributed by atoms with van der Waals surface area (Å²) in [6, 6.07) is 0.346. The Morgan fingerprint density at radius 1 is 1.00 bits per heavy atom. The molecule has 1 amide bonds. The topological polar surface area (TPSA) is 32.3 Å². The highest BCUT2D eigenvalue weighted by Gasteiger charge is 2.25. The predicted octanol–water partition coefficient (Wildman–Crippen LogP) is 3.58. The maximum Gasteiger partial charge on any atom is 0.223 e. The van der Waals surface area contributed by atoms with Crippen LogP contribution in [0.15, 0.2) is 0 Å². The van der Waals surface area contributed by atoms with Crippen molar-refractivity contribution in [3.05, 3.63) is 0 Å². The lowest BCUT2D eigenvalue weighted by atomic mass is 9.94. The third kappa shape index (κ3) is 5.61. The molecule has 3 heteroatoms. The molecule has 0 spiro atoms. The van der Waals surface area contributed by atoms with E-state index in [0.717, 1.165) is 26.1 Å². The van der Waals surface area contributed by atoms with E-state index in [1.54, 1.807) is 0 Å². The quantitative estimate of drug-likeness (QED) is 0.786. The van der Waals surface area contributed by atoms with Gasteiger partial charge in [0, 0.05) is 19.0 Å². The van der Waals surface area contributed by atoms with Crippen LogP contribution in [-0.2, 0) is 4.79 Å². The molecule has 1 aliphatic carbocycles. The molecule has 1 heterocycles. The van der Waals surface area contributed by atoms with Gasteiger partial charge in [0.05, 0.1) is 0 Å². The minimum absolute atomic E-state index is 0.346. The second-order valence-electron chi connectivity index (χ2n) is 7.39. The monoisotopic (exact) mass is 294 g/mol. The fraction of sp³-hybridized carbons (Fsp3) is 0.944. The first kappa shape index (κ1) is 16.8. The van der Waals surface area contributed by atoms with Gasteiger partial charge in [0.25, 0.3) is 0 Å². The first-order valence-electron chi connectivity index (χ1n) is 9.17. The fourth-order valence-corrected chi connectivity index (χ4v) is 3.88. The fourth-order valence-electron chi connectivity index (χ4n) is 3.88. The summed E-state index contributed by atoms with van der Waals surface area (Å²) in [5.41, 5.74) is 0. The highest BCUT2D eigenvalue weighted by atomic mass is 16.2. The molecule has 0 atom stereocenters. The number of hydrogen-bond donors (Lipinski definition) is 1. The van der Waals surface area contributed by atoms with Crippen LogP contribution in [0.25, 0.3) is 0 Å². The zero-order valence-electron chi connectivity index (χ0n) is 14.1. The number of hydrogen-bond acceptors (Lipinski definition) is 2. The molecule has 0 unspecified atom stereocenters. The summed E-state index contributed by atoms with van der Waals surface area (Å²) in [5, 5.41) is 3.42. The van der Waals surface area contributed by atoms with Crippen LogP contribution in [0.3, 0.4) is 0 Å². The second kappa shape index (κ2) is 8.77. The molecule has 0 radical (unpaired) electrons. The average Bonchev–Trinajstić information content (AvgIpc) is 2.74. The third-order valence-electron chi connectivity index (χ3n) is 5.30. The summed E-state index contributed by atoms with van der Waals surface area (Å²) in [7, 11) is 0. The molecule has 2 rings (SSSR count). The number of amides is 1. The Hall–Kier alpha value is -0.570. The largest absolute Gasteiger partial charge is 0.340 e. The SMILES string of the molecule is CC(C)N(CC1CCNCC1)C(=O)CC1CCCCCC1. The van der Waals surface area contributed by atoms with Crippen LogP contribution < -0.4 is 5.32 Å². The van der Waals surface area contributed by atoms with E-state index in [4.69, 9.17) is 0 Å². The van der Waals surface area contributed by atoms with Gasteiger partial charge in [-0.1, -0.05) is 25.7 Å². The van der Waals surface area contributed by atoms with Crippen LogP contribution >= 0.6 is 0 Å². The summed E-state index contributed by atoms with van der Waals surface area (Å²) in [4.78, 5) is 14.9. The zero-order valence-corrected chi connectivity index (χ0v) is 14.1. The number of nitrogens with zero attached hydrogens (tertiary/aromatic N) is 1. The van der Waals surface area contributed by atoms with Crippen molar-refractivity contribution in [1.29, 1.82) is 0 Å². The maximum absolute atomic E-state index is 12.7. The Morgan fingerprint density at radius 2 is 1.62 bits per heavy atom. The minimum atomic E-state index is 0.346. The molecule has 1 saturated heterocycles. The van der Waals surface area contributed by atoms with Crippen LogP contribution in [0.1, 0.15) is 71.6 Å².